The predicted octanol–water partition coefficient (Wildman–Crippen LogP) is 0.281. The van der Waals surface area contributed by atoms with Gasteiger partial charge in [-0.2, -0.15) is 0 Å². The van der Waals surface area contributed by atoms with Crippen LogP contribution in [0.5, 0.6) is 0 Å². The largest absolute Gasteiger partial charge is 0.357 e. The van der Waals surface area contributed by atoms with Crippen LogP contribution in [0.15, 0.2) is 23.5 Å². The number of aliphatic imine (C=N–C) groups is 1. The Bertz CT molecular complexity index is 715. The summed E-state index contributed by atoms with van der Waals surface area (Å²) in [7, 11) is 1.84. The third-order valence-corrected chi connectivity index (χ3v) is 5.24. The van der Waals surface area contributed by atoms with Gasteiger partial charge in [0.2, 0.25) is 17.8 Å². The molecule has 0 bridgehead atoms. The molecule has 0 spiro atoms. The standard InChI is InChI=1S/C21H36N8O2/c1-5-22-20(26(4)17-19(31)27(6-2)7-3)25-12-9-18(30)28-13-15-29(16-14-28)21-23-10-8-11-24-21/h8,10-11H,5-7,9,12-17H2,1-4H3,(H,22,25). The van der Waals surface area contributed by atoms with Crippen LogP contribution in [0.25, 0.3) is 0 Å². The second kappa shape index (κ2) is 12.7. The molecule has 2 rings (SSSR count). The number of aromatic nitrogens is 2. The lowest BCUT2D eigenvalue weighted by atomic mass is 10.3. The third kappa shape index (κ3) is 7.37. The first kappa shape index (κ1) is 24.4. The van der Waals surface area contributed by atoms with Crippen LogP contribution in [0.1, 0.15) is 27.2 Å². The normalized spacial score (nSPS) is 14.4. The Labute approximate surface area is 185 Å². The van der Waals surface area contributed by atoms with Crippen molar-refractivity contribution in [2.24, 2.45) is 4.99 Å². The van der Waals surface area contributed by atoms with E-state index >= 15 is 0 Å². The highest BCUT2D eigenvalue weighted by atomic mass is 16.2. The van der Waals surface area contributed by atoms with Gasteiger partial charge in [-0.05, 0) is 26.8 Å². The van der Waals surface area contributed by atoms with Gasteiger partial charge in [-0.25, -0.2) is 9.97 Å². The van der Waals surface area contributed by atoms with E-state index in [-0.39, 0.29) is 18.4 Å². The van der Waals surface area contributed by atoms with E-state index in [2.05, 4.69) is 25.2 Å². The number of amides is 2. The lowest BCUT2D eigenvalue weighted by molar-refractivity contribution is -0.132. The van der Waals surface area contributed by atoms with Crippen LogP contribution in [0.2, 0.25) is 0 Å². The first-order chi connectivity index (χ1) is 15.0. The second-order valence-electron chi connectivity index (χ2n) is 7.32. The molecule has 0 unspecified atom stereocenters. The fourth-order valence-electron chi connectivity index (χ4n) is 3.45. The zero-order valence-electron chi connectivity index (χ0n) is 19.3. The summed E-state index contributed by atoms with van der Waals surface area (Å²) >= 11 is 0. The molecule has 1 saturated heterocycles. The quantitative estimate of drug-likeness (QED) is 0.442. The lowest BCUT2D eigenvalue weighted by Gasteiger charge is -2.34. The summed E-state index contributed by atoms with van der Waals surface area (Å²) in [5.74, 6) is 1.50. The van der Waals surface area contributed by atoms with Gasteiger partial charge in [0.1, 0.15) is 0 Å². The number of nitrogens with zero attached hydrogens (tertiary/aromatic N) is 7. The summed E-state index contributed by atoms with van der Waals surface area (Å²) in [5.41, 5.74) is 0. The molecule has 0 atom stereocenters. The first-order valence-electron chi connectivity index (χ1n) is 11.1. The van der Waals surface area contributed by atoms with Crippen molar-refractivity contribution in [2.45, 2.75) is 27.2 Å². The van der Waals surface area contributed by atoms with Crippen LogP contribution in [0, 0.1) is 0 Å². The molecule has 0 aliphatic carbocycles. The molecule has 10 heteroatoms. The number of anilines is 1. The highest BCUT2D eigenvalue weighted by Crippen LogP contribution is 2.10. The average Bonchev–Trinajstić information content (AvgIpc) is 2.79. The Morgan fingerprint density at radius 3 is 2.32 bits per heavy atom. The molecule has 2 amide bonds. The second-order valence-corrected chi connectivity index (χ2v) is 7.32. The smallest absolute Gasteiger partial charge is 0.242 e. The molecule has 1 aromatic heterocycles. The fourth-order valence-corrected chi connectivity index (χ4v) is 3.45. The first-order valence-corrected chi connectivity index (χ1v) is 11.1. The minimum Gasteiger partial charge on any atom is -0.357 e. The number of guanidine groups is 1. The maximum Gasteiger partial charge on any atom is 0.242 e. The number of likely N-dealkylation sites (N-methyl/N-ethyl adjacent to an activating group) is 2. The number of hydrogen-bond acceptors (Lipinski definition) is 6. The minimum atomic E-state index is 0.0643. The summed E-state index contributed by atoms with van der Waals surface area (Å²) in [5, 5.41) is 3.20. The van der Waals surface area contributed by atoms with Gasteiger partial charge in [0.05, 0.1) is 13.1 Å². The van der Waals surface area contributed by atoms with E-state index in [0.29, 0.717) is 57.6 Å². The van der Waals surface area contributed by atoms with Crippen LogP contribution in [0.3, 0.4) is 0 Å². The number of carbonyl (C=O) groups is 2. The van der Waals surface area contributed by atoms with E-state index < -0.39 is 0 Å². The number of piperazine rings is 1. The molecule has 1 fully saturated rings. The van der Waals surface area contributed by atoms with E-state index in [4.69, 9.17) is 0 Å². The molecule has 0 saturated carbocycles. The van der Waals surface area contributed by atoms with Gasteiger partial charge in [-0.15, -0.1) is 0 Å². The third-order valence-electron chi connectivity index (χ3n) is 5.24. The van der Waals surface area contributed by atoms with E-state index in [1.54, 1.807) is 23.4 Å². The Morgan fingerprint density at radius 1 is 1.10 bits per heavy atom. The topological polar surface area (TPSA) is 97.3 Å². The molecule has 1 aromatic rings. The molecule has 0 radical (unpaired) electrons. The molecular weight excluding hydrogens is 396 g/mol. The van der Waals surface area contributed by atoms with Crippen LogP contribution in [-0.2, 0) is 9.59 Å². The van der Waals surface area contributed by atoms with Gasteiger partial charge in [0.25, 0.3) is 0 Å². The molecule has 10 nitrogen and oxygen atoms in total. The maximum absolute atomic E-state index is 12.6. The SMILES string of the molecule is CCNC(=NCCC(=O)N1CCN(c2ncccn2)CC1)N(C)CC(=O)N(CC)CC. The molecule has 31 heavy (non-hydrogen) atoms. The zero-order valence-corrected chi connectivity index (χ0v) is 19.3. The zero-order chi connectivity index (χ0) is 22.6. The summed E-state index contributed by atoms with van der Waals surface area (Å²) in [6.07, 6.45) is 3.80. The van der Waals surface area contributed by atoms with Crippen molar-refractivity contribution in [3.8, 4) is 0 Å². The predicted molar refractivity (Wildman–Crippen MR) is 122 cm³/mol. The Kier molecular flexibility index (Phi) is 9.99. The van der Waals surface area contributed by atoms with Gasteiger partial charge in [0, 0.05) is 71.7 Å². The van der Waals surface area contributed by atoms with E-state index in [1.165, 1.54) is 0 Å². The van der Waals surface area contributed by atoms with Crippen molar-refractivity contribution in [3.05, 3.63) is 18.5 Å². The van der Waals surface area contributed by atoms with E-state index in [1.807, 2.05) is 37.6 Å². The van der Waals surface area contributed by atoms with Gasteiger partial charge in [0.15, 0.2) is 5.96 Å². The summed E-state index contributed by atoms with van der Waals surface area (Å²) in [6.45, 7) is 11.4. The van der Waals surface area contributed by atoms with Crippen LogP contribution < -0.4 is 10.2 Å². The Hall–Kier alpha value is -2.91. The van der Waals surface area contributed by atoms with Gasteiger partial charge >= 0.3 is 0 Å². The van der Waals surface area contributed by atoms with Crippen LogP contribution >= 0.6 is 0 Å². The fraction of sp³-hybridized carbons (Fsp3) is 0.667. The summed E-state index contributed by atoms with van der Waals surface area (Å²) in [4.78, 5) is 45.6. The minimum absolute atomic E-state index is 0.0643. The summed E-state index contributed by atoms with van der Waals surface area (Å²) < 4.78 is 0. The van der Waals surface area contributed by atoms with Crippen molar-refractivity contribution in [1.82, 2.24) is 30.0 Å². The van der Waals surface area contributed by atoms with Gasteiger partial charge < -0.3 is 24.9 Å². The molecule has 172 valence electrons. The average molecular weight is 433 g/mol. The van der Waals surface area contributed by atoms with Gasteiger partial charge in [-0.1, -0.05) is 0 Å². The van der Waals surface area contributed by atoms with Crippen molar-refractivity contribution < 1.29 is 9.59 Å². The van der Waals surface area contributed by atoms with Crippen molar-refractivity contribution in [1.29, 1.82) is 0 Å². The molecule has 0 aromatic carbocycles. The van der Waals surface area contributed by atoms with Crippen molar-refractivity contribution in [3.63, 3.8) is 0 Å². The summed E-state index contributed by atoms with van der Waals surface area (Å²) in [6, 6.07) is 1.79. The monoisotopic (exact) mass is 432 g/mol. The highest BCUT2D eigenvalue weighted by Gasteiger charge is 2.22. The Morgan fingerprint density at radius 2 is 1.74 bits per heavy atom. The van der Waals surface area contributed by atoms with Crippen molar-refractivity contribution >= 4 is 23.7 Å². The molecule has 1 aliphatic rings. The number of carbonyl (C=O) groups excluding carboxylic acids is 2. The molecule has 1 aliphatic heterocycles. The molecular formula is C21H36N8O2. The number of hydrogen-bond donors (Lipinski definition) is 1. The Balaban J connectivity index is 1.82. The van der Waals surface area contributed by atoms with E-state index in [0.717, 1.165) is 13.1 Å². The van der Waals surface area contributed by atoms with Crippen LogP contribution in [-0.4, -0.2) is 108 Å². The van der Waals surface area contributed by atoms with Crippen LogP contribution in [0.4, 0.5) is 5.95 Å². The van der Waals surface area contributed by atoms with E-state index in [9.17, 15) is 9.59 Å². The number of nitrogens with one attached hydrogen (secondary N) is 1. The lowest BCUT2D eigenvalue weighted by Crippen LogP contribution is -2.49. The maximum atomic E-state index is 12.6. The van der Waals surface area contributed by atoms with Crippen molar-refractivity contribution in [2.75, 3.05) is 70.9 Å². The molecule has 1 N–H and O–H groups in total. The highest BCUT2D eigenvalue weighted by molar-refractivity contribution is 5.86. The molecule has 2 heterocycles. The van der Waals surface area contributed by atoms with Gasteiger partial charge in [-0.3, -0.25) is 14.6 Å². The number of rotatable bonds is 9.